The van der Waals surface area contributed by atoms with E-state index in [0.717, 1.165) is 32.9 Å². The van der Waals surface area contributed by atoms with Crippen molar-refractivity contribution in [2.24, 2.45) is 0 Å². The summed E-state index contributed by atoms with van der Waals surface area (Å²) in [5, 5.41) is 8.82. The van der Waals surface area contributed by atoms with Crippen molar-refractivity contribution in [3.8, 4) is 34.4 Å². The van der Waals surface area contributed by atoms with Crippen molar-refractivity contribution in [2.75, 3.05) is 0 Å². The monoisotopic (exact) mass is 579 g/mol. The van der Waals surface area contributed by atoms with E-state index in [1.165, 1.54) is 12.1 Å². The molecule has 0 amide bonds. The lowest BCUT2D eigenvalue weighted by atomic mass is 10.2. The molecule has 2 N–H and O–H groups in total. The summed E-state index contributed by atoms with van der Waals surface area (Å²) in [6.45, 7) is 0. The fraction of sp³-hybridized carbons (Fsp3) is 0. The molecule has 0 saturated carbocycles. The number of benzene rings is 4. The molecule has 0 unspecified atom stereocenters. The number of hydrogen-bond acceptors (Lipinski definition) is 5. The van der Waals surface area contributed by atoms with Gasteiger partial charge in [0.15, 0.2) is 5.65 Å². The van der Waals surface area contributed by atoms with Crippen LogP contribution in [-0.2, 0) is 0 Å². The van der Waals surface area contributed by atoms with Gasteiger partial charge in [0.2, 0.25) is 0 Å². The zero-order valence-corrected chi connectivity index (χ0v) is 22.1. The number of halogens is 1. The number of ether oxygens (including phenoxy) is 2. The van der Waals surface area contributed by atoms with E-state index in [1.807, 2.05) is 91.0 Å². The van der Waals surface area contributed by atoms with Crippen LogP contribution in [-0.4, -0.2) is 26.0 Å². The van der Waals surface area contributed by atoms with Crippen LogP contribution in [0.1, 0.15) is 10.4 Å². The maximum atomic E-state index is 10.8. The number of fused-ring (bicyclic) bond motifs is 1. The molecule has 0 atom stereocenters. The number of pyridine rings is 1. The molecule has 6 aromatic rings. The number of rotatable bonds is 6. The van der Waals surface area contributed by atoms with Crippen LogP contribution in [0.2, 0.25) is 0 Å². The largest absolute Gasteiger partial charge is 0.478 e. The first kappa shape index (κ1) is 25.7. The number of hydrogen-bond donors (Lipinski definition) is 2. The molecule has 0 spiro atoms. The molecule has 2 aromatic heterocycles. The van der Waals surface area contributed by atoms with Gasteiger partial charge in [-0.1, -0.05) is 54.6 Å². The Morgan fingerprint density at radius 3 is 1.95 bits per heavy atom. The Morgan fingerprint density at radius 2 is 1.31 bits per heavy atom. The standard InChI is InChI=1S/C18H12BrN3O.C13H10O3/c19-13-10-16-18(20-11-13)22-17(21-16)12-5-4-8-15(9-12)23-14-6-2-1-3-7-14;14-13(15)10-5-4-8-12(9-10)16-11-6-2-1-3-7-11/h1-11H,(H,20,21,22);1-9H,(H,14,15). The first-order valence-corrected chi connectivity index (χ1v) is 12.7. The van der Waals surface area contributed by atoms with Crippen molar-refractivity contribution in [1.82, 2.24) is 15.0 Å². The Hall–Kier alpha value is -4.95. The third-order valence-corrected chi connectivity index (χ3v) is 5.88. The van der Waals surface area contributed by atoms with Crippen LogP contribution >= 0.6 is 15.9 Å². The molecular formula is C31H22BrN3O4. The summed E-state index contributed by atoms with van der Waals surface area (Å²) < 4.78 is 12.3. The molecule has 6 rings (SSSR count). The van der Waals surface area contributed by atoms with Crippen molar-refractivity contribution < 1.29 is 19.4 Å². The van der Waals surface area contributed by atoms with E-state index in [0.29, 0.717) is 17.1 Å². The number of nitrogens with zero attached hydrogens (tertiary/aromatic N) is 2. The number of nitrogens with one attached hydrogen (secondary N) is 1. The molecule has 0 aliphatic carbocycles. The Labute approximate surface area is 232 Å². The SMILES string of the molecule is Brc1cnc2nc(-c3cccc(Oc4ccccc4)c3)[nH]c2c1.O=C(O)c1cccc(Oc2ccccc2)c1. The number of carboxylic acids is 1. The van der Waals surface area contributed by atoms with Gasteiger partial charge in [-0.3, -0.25) is 0 Å². The summed E-state index contributed by atoms with van der Waals surface area (Å²) in [4.78, 5) is 22.9. The molecule has 39 heavy (non-hydrogen) atoms. The van der Waals surface area contributed by atoms with Gasteiger partial charge in [0, 0.05) is 16.2 Å². The maximum Gasteiger partial charge on any atom is 0.335 e. The van der Waals surface area contributed by atoms with Crippen LogP contribution in [0.5, 0.6) is 23.0 Å². The lowest BCUT2D eigenvalue weighted by Gasteiger charge is -2.06. The van der Waals surface area contributed by atoms with Gasteiger partial charge in [-0.25, -0.2) is 14.8 Å². The highest BCUT2D eigenvalue weighted by Crippen LogP contribution is 2.27. The first-order valence-electron chi connectivity index (χ1n) is 11.9. The highest BCUT2D eigenvalue weighted by atomic mass is 79.9. The number of aromatic amines is 1. The molecule has 0 saturated heterocycles. The second kappa shape index (κ2) is 12.1. The minimum atomic E-state index is -0.960. The Kier molecular flexibility index (Phi) is 7.95. The van der Waals surface area contributed by atoms with Crippen LogP contribution in [0.25, 0.3) is 22.6 Å². The van der Waals surface area contributed by atoms with Crippen molar-refractivity contribution >= 4 is 33.1 Å². The van der Waals surface area contributed by atoms with Crippen molar-refractivity contribution in [1.29, 1.82) is 0 Å². The average molecular weight is 580 g/mol. The van der Waals surface area contributed by atoms with Crippen LogP contribution in [0, 0.1) is 0 Å². The molecule has 0 fully saturated rings. The molecule has 0 aliphatic heterocycles. The Morgan fingerprint density at radius 1 is 0.718 bits per heavy atom. The fourth-order valence-electron chi connectivity index (χ4n) is 3.66. The van der Waals surface area contributed by atoms with E-state index in [1.54, 1.807) is 18.3 Å². The fourth-order valence-corrected chi connectivity index (χ4v) is 3.99. The van der Waals surface area contributed by atoms with E-state index in [-0.39, 0.29) is 5.56 Å². The molecule has 0 bridgehead atoms. The van der Waals surface area contributed by atoms with Gasteiger partial charge in [-0.2, -0.15) is 0 Å². The molecule has 4 aromatic carbocycles. The molecule has 192 valence electrons. The van der Waals surface area contributed by atoms with Crippen molar-refractivity contribution in [3.63, 3.8) is 0 Å². The number of aromatic carboxylic acids is 1. The minimum Gasteiger partial charge on any atom is -0.478 e. The predicted molar refractivity (Wildman–Crippen MR) is 153 cm³/mol. The number of carboxylic acid groups (broad SMARTS) is 1. The molecule has 0 aliphatic rings. The topological polar surface area (TPSA) is 97.3 Å². The predicted octanol–water partition coefficient (Wildman–Crippen LogP) is 8.36. The minimum absolute atomic E-state index is 0.216. The highest BCUT2D eigenvalue weighted by Gasteiger charge is 2.08. The van der Waals surface area contributed by atoms with E-state index < -0.39 is 5.97 Å². The zero-order valence-electron chi connectivity index (χ0n) is 20.5. The lowest BCUT2D eigenvalue weighted by molar-refractivity contribution is 0.0696. The number of aromatic nitrogens is 3. The molecule has 8 heteroatoms. The van der Waals surface area contributed by atoms with Crippen LogP contribution in [0.3, 0.4) is 0 Å². The summed E-state index contributed by atoms with van der Waals surface area (Å²) in [6, 6.07) is 35.1. The summed E-state index contributed by atoms with van der Waals surface area (Å²) >= 11 is 3.42. The zero-order chi connectivity index (χ0) is 27.0. The summed E-state index contributed by atoms with van der Waals surface area (Å²) in [5.41, 5.74) is 2.75. The average Bonchev–Trinajstić information content (AvgIpc) is 3.38. The number of imidazole rings is 1. The number of H-pyrrole nitrogens is 1. The van der Waals surface area contributed by atoms with Gasteiger partial charge in [0.1, 0.15) is 28.8 Å². The Balaban J connectivity index is 0.000000169. The van der Waals surface area contributed by atoms with Gasteiger partial charge < -0.3 is 19.6 Å². The van der Waals surface area contributed by atoms with Gasteiger partial charge in [0.05, 0.1) is 11.1 Å². The van der Waals surface area contributed by atoms with E-state index in [2.05, 4.69) is 30.9 Å². The quantitative estimate of drug-likeness (QED) is 0.206. The van der Waals surface area contributed by atoms with Gasteiger partial charge in [0.25, 0.3) is 0 Å². The second-order valence-electron chi connectivity index (χ2n) is 8.30. The lowest BCUT2D eigenvalue weighted by Crippen LogP contribution is -1.95. The number of carbonyl (C=O) groups is 1. The van der Waals surface area contributed by atoms with Gasteiger partial charge in [-0.15, -0.1) is 0 Å². The molecule has 2 heterocycles. The molecule has 7 nitrogen and oxygen atoms in total. The highest BCUT2D eigenvalue weighted by molar-refractivity contribution is 9.10. The molecule has 0 radical (unpaired) electrons. The molecular weight excluding hydrogens is 558 g/mol. The van der Waals surface area contributed by atoms with E-state index >= 15 is 0 Å². The van der Waals surface area contributed by atoms with Crippen molar-refractivity contribution in [2.45, 2.75) is 0 Å². The number of para-hydroxylation sites is 2. The van der Waals surface area contributed by atoms with E-state index in [4.69, 9.17) is 14.6 Å². The smallest absolute Gasteiger partial charge is 0.335 e. The van der Waals surface area contributed by atoms with Gasteiger partial charge in [-0.05, 0) is 76.6 Å². The summed E-state index contributed by atoms with van der Waals surface area (Å²) in [7, 11) is 0. The summed E-state index contributed by atoms with van der Waals surface area (Å²) in [6.07, 6.45) is 1.74. The van der Waals surface area contributed by atoms with Gasteiger partial charge >= 0.3 is 5.97 Å². The van der Waals surface area contributed by atoms with Crippen LogP contribution in [0.15, 0.2) is 126 Å². The third-order valence-electron chi connectivity index (χ3n) is 5.45. The first-order chi connectivity index (χ1) is 19.0. The second-order valence-corrected chi connectivity index (χ2v) is 9.22. The van der Waals surface area contributed by atoms with Crippen LogP contribution in [0.4, 0.5) is 0 Å². The normalized spacial score (nSPS) is 10.4. The van der Waals surface area contributed by atoms with E-state index in [9.17, 15) is 4.79 Å². The van der Waals surface area contributed by atoms with Crippen molar-refractivity contribution in [3.05, 3.63) is 131 Å². The summed E-state index contributed by atoms with van der Waals surface area (Å²) in [5.74, 6) is 2.59. The van der Waals surface area contributed by atoms with Crippen LogP contribution < -0.4 is 9.47 Å². The third kappa shape index (κ3) is 6.88. The maximum absolute atomic E-state index is 10.8. The Bertz CT molecular complexity index is 1710.